The topological polar surface area (TPSA) is 41.6 Å². The number of benzene rings is 1. The summed E-state index contributed by atoms with van der Waals surface area (Å²) in [5, 5.41) is 3.57. The third-order valence-corrected chi connectivity index (χ3v) is 4.57. The van der Waals surface area contributed by atoms with Crippen LogP contribution >= 0.6 is 15.9 Å². The Kier molecular flexibility index (Phi) is 3.39. The summed E-state index contributed by atoms with van der Waals surface area (Å²) >= 11 is 3.58. The molecule has 0 saturated carbocycles. The number of hydrogen-bond acceptors (Lipinski definition) is 3. The summed E-state index contributed by atoms with van der Waals surface area (Å²) in [6.45, 7) is 3.77. The number of likely N-dealkylation sites (tertiary alicyclic amines) is 1. The Balaban J connectivity index is 1.81. The van der Waals surface area contributed by atoms with Gasteiger partial charge in [-0.05, 0) is 40.9 Å². The zero-order chi connectivity index (χ0) is 13.4. The Bertz CT molecular complexity index is 506. The van der Waals surface area contributed by atoms with E-state index in [0.717, 1.165) is 24.0 Å². The van der Waals surface area contributed by atoms with Gasteiger partial charge in [-0.15, -0.1) is 0 Å². The van der Waals surface area contributed by atoms with Crippen molar-refractivity contribution in [3.8, 4) is 0 Å². The molecule has 2 aliphatic heterocycles. The molecule has 2 heterocycles. The molecule has 1 saturated heterocycles. The molecule has 0 radical (unpaired) electrons. The number of piperidine rings is 1. The predicted octanol–water partition coefficient (Wildman–Crippen LogP) is 3.19. The number of hydrogen-bond donors (Lipinski definition) is 1. The zero-order valence-electron chi connectivity index (χ0n) is 10.9. The normalized spacial score (nSPS) is 24.4. The van der Waals surface area contributed by atoms with E-state index in [-0.39, 0.29) is 6.09 Å². The van der Waals surface area contributed by atoms with Crippen molar-refractivity contribution in [2.45, 2.75) is 25.3 Å². The molecule has 1 amide bonds. The van der Waals surface area contributed by atoms with Crippen LogP contribution in [0.2, 0.25) is 0 Å². The average molecular weight is 325 g/mol. The second-order valence-corrected chi connectivity index (χ2v) is 5.85. The molecule has 5 heteroatoms. The first-order chi connectivity index (χ1) is 9.20. The second-order valence-electron chi connectivity index (χ2n) is 4.99. The van der Waals surface area contributed by atoms with E-state index in [9.17, 15) is 4.79 Å². The molecule has 2 atom stereocenters. The lowest BCUT2D eigenvalue weighted by atomic mass is 9.89. The van der Waals surface area contributed by atoms with Crippen molar-refractivity contribution in [2.24, 2.45) is 0 Å². The minimum atomic E-state index is -0.190. The highest BCUT2D eigenvalue weighted by Crippen LogP contribution is 2.43. The van der Waals surface area contributed by atoms with Crippen LogP contribution in [0.1, 0.15) is 24.8 Å². The van der Waals surface area contributed by atoms with E-state index in [1.807, 2.05) is 17.9 Å². The summed E-state index contributed by atoms with van der Waals surface area (Å²) in [4.78, 5) is 13.7. The first-order valence-electron chi connectivity index (χ1n) is 6.67. The summed E-state index contributed by atoms with van der Waals surface area (Å²) in [6.07, 6.45) is 0.773. The Morgan fingerprint density at radius 3 is 3.21 bits per heavy atom. The SMILES string of the molecule is CCOC(=O)N1CC[C@@H]2Nc3c(Br)cccc3[C@@H]2C1. The van der Waals surface area contributed by atoms with Crippen molar-refractivity contribution < 1.29 is 9.53 Å². The lowest BCUT2D eigenvalue weighted by molar-refractivity contribution is 0.0949. The highest BCUT2D eigenvalue weighted by Gasteiger charge is 2.39. The quantitative estimate of drug-likeness (QED) is 0.862. The van der Waals surface area contributed by atoms with E-state index in [1.54, 1.807) is 0 Å². The molecule has 1 aromatic carbocycles. The minimum Gasteiger partial charge on any atom is -0.450 e. The molecule has 4 nitrogen and oxygen atoms in total. The van der Waals surface area contributed by atoms with Gasteiger partial charge in [-0.25, -0.2) is 4.79 Å². The molecule has 3 rings (SSSR count). The largest absolute Gasteiger partial charge is 0.450 e. The van der Waals surface area contributed by atoms with Gasteiger partial charge in [0.05, 0.1) is 12.3 Å². The van der Waals surface area contributed by atoms with Crippen LogP contribution < -0.4 is 5.32 Å². The van der Waals surface area contributed by atoms with E-state index < -0.39 is 0 Å². The number of carbonyl (C=O) groups is 1. The van der Waals surface area contributed by atoms with Gasteiger partial charge >= 0.3 is 6.09 Å². The predicted molar refractivity (Wildman–Crippen MR) is 77.5 cm³/mol. The number of para-hydroxylation sites is 1. The van der Waals surface area contributed by atoms with Gasteiger partial charge < -0.3 is 15.0 Å². The molecule has 102 valence electrons. The summed E-state index contributed by atoms with van der Waals surface area (Å²) in [7, 11) is 0. The van der Waals surface area contributed by atoms with Gasteiger partial charge in [-0.2, -0.15) is 0 Å². The maximum atomic E-state index is 11.8. The molecule has 0 bridgehead atoms. The molecular weight excluding hydrogens is 308 g/mol. The molecule has 0 unspecified atom stereocenters. The van der Waals surface area contributed by atoms with E-state index in [4.69, 9.17) is 4.74 Å². The fraction of sp³-hybridized carbons (Fsp3) is 0.500. The van der Waals surface area contributed by atoms with Crippen LogP contribution in [-0.2, 0) is 4.74 Å². The third-order valence-electron chi connectivity index (χ3n) is 3.91. The molecule has 1 fully saturated rings. The van der Waals surface area contributed by atoms with Gasteiger partial charge in [0.1, 0.15) is 0 Å². The molecule has 2 aliphatic rings. The first-order valence-corrected chi connectivity index (χ1v) is 7.46. The number of ether oxygens (including phenoxy) is 1. The fourth-order valence-electron chi connectivity index (χ4n) is 3.01. The summed E-state index contributed by atoms with van der Waals surface area (Å²) in [5.41, 5.74) is 2.48. The summed E-state index contributed by atoms with van der Waals surface area (Å²) < 4.78 is 6.20. The zero-order valence-corrected chi connectivity index (χ0v) is 12.4. The summed E-state index contributed by atoms with van der Waals surface area (Å²) in [6, 6.07) is 6.67. The minimum absolute atomic E-state index is 0.190. The van der Waals surface area contributed by atoms with Gasteiger partial charge in [0.25, 0.3) is 0 Å². The fourth-order valence-corrected chi connectivity index (χ4v) is 3.50. The molecular formula is C14H17BrN2O2. The van der Waals surface area contributed by atoms with Crippen molar-refractivity contribution in [1.29, 1.82) is 0 Å². The van der Waals surface area contributed by atoms with E-state index >= 15 is 0 Å². The summed E-state index contributed by atoms with van der Waals surface area (Å²) in [5.74, 6) is 0.366. The lowest BCUT2D eigenvalue weighted by Crippen LogP contribution is -2.45. The van der Waals surface area contributed by atoms with Crippen molar-refractivity contribution in [2.75, 3.05) is 25.0 Å². The van der Waals surface area contributed by atoms with E-state index in [0.29, 0.717) is 18.6 Å². The van der Waals surface area contributed by atoms with Crippen LogP contribution in [0.25, 0.3) is 0 Å². The molecule has 0 aliphatic carbocycles. The van der Waals surface area contributed by atoms with Gasteiger partial charge in [0.2, 0.25) is 0 Å². The van der Waals surface area contributed by atoms with Crippen molar-refractivity contribution in [3.05, 3.63) is 28.2 Å². The molecule has 0 aromatic heterocycles. The first kappa shape index (κ1) is 12.8. The number of anilines is 1. The molecule has 1 aromatic rings. The molecule has 0 spiro atoms. The Labute approximate surface area is 121 Å². The standard InChI is InChI=1S/C14H17BrN2O2/c1-2-19-14(18)17-7-6-12-10(8-17)9-4-3-5-11(15)13(9)16-12/h3-5,10,12,16H,2,6-8H2,1H3/t10-,12-/m0/s1. The van der Waals surface area contributed by atoms with Crippen LogP contribution in [0.4, 0.5) is 10.5 Å². The van der Waals surface area contributed by atoms with Crippen molar-refractivity contribution in [3.63, 3.8) is 0 Å². The van der Waals surface area contributed by atoms with Gasteiger partial charge in [0.15, 0.2) is 0 Å². The highest BCUT2D eigenvalue weighted by atomic mass is 79.9. The molecule has 19 heavy (non-hydrogen) atoms. The average Bonchev–Trinajstić information content (AvgIpc) is 2.78. The van der Waals surface area contributed by atoms with Crippen LogP contribution in [0.15, 0.2) is 22.7 Å². The van der Waals surface area contributed by atoms with E-state index in [1.165, 1.54) is 11.3 Å². The number of amides is 1. The highest BCUT2D eigenvalue weighted by molar-refractivity contribution is 9.10. The number of nitrogens with one attached hydrogen (secondary N) is 1. The number of nitrogens with zero attached hydrogens (tertiary/aromatic N) is 1. The van der Waals surface area contributed by atoms with Crippen LogP contribution in [0.3, 0.4) is 0 Å². The lowest BCUT2D eigenvalue weighted by Gasteiger charge is -2.34. The third kappa shape index (κ3) is 2.20. The number of halogens is 1. The Hall–Kier alpha value is -1.23. The van der Waals surface area contributed by atoms with Crippen LogP contribution in [-0.4, -0.2) is 36.7 Å². The Morgan fingerprint density at radius 1 is 1.58 bits per heavy atom. The van der Waals surface area contributed by atoms with Crippen molar-refractivity contribution >= 4 is 27.7 Å². The van der Waals surface area contributed by atoms with E-state index in [2.05, 4.69) is 33.4 Å². The van der Waals surface area contributed by atoms with Crippen LogP contribution in [0, 0.1) is 0 Å². The second kappa shape index (κ2) is 5.04. The number of fused-ring (bicyclic) bond motifs is 3. The number of carbonyl (C=O) groups excluding carboxylic acids is 1. The van der Waals surface area contributed by atoms with Crippen molar-refractivity contribution in [1.82, 2.24) is 4.90 Å². The van der Waals surface area contributed by atoms with Gasteiger partial charge in [-0.3, -0.25) is 0 Å². The number of rotatable bonds is 1. The maximum absolute atomic E-state index is 11.8. The van der Waals surface area contributed by atoms with Crippen LogP contribution in [0.5, 0.6) is 0 Å². The Morgan fingerprint density at radius 2 is 2.42 bits per heavy atom. The van der Waals surface area contributed by atoms with Gasteiger partial charge in [-0.1, -0.05) is 12.1 Å². The maximum Gasteiger partial charge on any atom is 0.409 e. The van der Waals surface area contributed by atoms with Gasteiger partial charge in [0, 0.05) is 29.5 Å². The monoisotopic (exact) mass is 324 g/mol. The molecule has 1 N–H and O–H groups in total. The smallest absolute Gasteiger partial charge is 0.409 e.